The largest absolute Gasteiger partial charge is 0.466 e. The Labute approximate surface area is 151 Å². The third-order valence-electron chi connectivity index (χ3n) is 5.17. The van der Waals surface area contributed by atoms with Gasteiger partial charge >= 0.3 is 0 Å². The van der Waals surface area contributed by atoms with E-state index in [9.17, 15) is 0 Å². The van der Waals surface area contributed by atoms with E-state index in [0.29, 0.717) is 12.1 Å². The lowest BCUT2D eigenvalue weighted by Gasteiger charge is -2.27. The van der Waals surface area contributed by atoms with Crippen LogP contribution < -0.4 is 5.32 Å². The van der Waals surface area contributed by atoms with Crippen molar-refractivity contribution < 1.29 is 9.73 Å². The highest BCUT2D eigenvalue weighted by molar-refractivity contribution is 5.85. The fourth-order valence-electron chi connectivity index (χ4n) is 4.02. The number of fused-ring (bicyclic) bond motifs is 1. The summed E-state index contributed by atoms with van der Waals surface area (Å²) in [5, 5.41) is 5.17. The molecule has 0 aliphatic rings. The zero-order chi connectivity index (χ0) is 18.0. The quantitative estimate of drug-likeness (QED) is 0.665. The van der Waals surface area contributed by atoms with Crippen LogP contribution in [0.2, 0.25) is 0 Å². The SMILES string of the molecule is Cc1ccc(C(C)(C)C[C@H](C)[NH2+][C@@H](C)c2cccc3ccccc23)o1. The number of rotatable bonds is 6. The van der Waals surface area contributed by atoms with E-state index in [0.717, 1.165) is 17.9 Å². The molecule has 0 bridgehead atoms. The minimum atomic E-state index is 0.0443. The van der Waals surface area contributed by atoms with E-state index in [2.05, 4.69) is 87.6 Å². The van der Waals surface area contributed by atoms with Crippen LogP contribution >= 0.6 is 0 Å². The summed E-state index contributed by atoms with van der Waals surface area (Å²) in [5.41, 5.74) is 1.46. The minimum Gasteiger partial charge on any atom is -0.466 e. The van der Waals surface area contributed by atoms with Crippen molar-refractivity contribution in [3.05, 3.63) is 71.7 Å². The zero-order valence-electron chi connectivity index (χ0n) is 16.0. The third-order valence-corrected chi connectivity index (χ3v) is 5.17. The van der Waals surface area contributed by atoms with Gasteiger partial charge in [0.1, 0.15) is 17.6 Å². The minimum absolute atomic E-state index is 0.0443. The highest BCUT2D eigenvalue weighted by Gasteiger charge is 2.29. The van der Waals surface area contributed by atoms with Gasteiger partial charge in [0, 0.05) is 17.4 Å². The van der Waals surface area contributed by atoms with E-state index in [1.165, 1.54) is 16.3 Å². The van der Waals surface area contributed by atoms with Gasteiger partial charge in [0.15, 0.2) is 0 Å². The van der Waals surface area contributed by atoms with Crippen molar-refractivity contribution in [1.82, 2.24) is 0 Å². The van der Waals surface area contributed by atoms with Crippen LogP contribution in [0.3, 0.4) is 0 Å². The number of hydrogen-bond donors (Lipinski definition) is 1. The van der Waals surface area contributed by atoms with Gasteiger partial charge in [-0.05, 0) is 43.7 Å². The van der Waals surface area contributed by atoms with E-state index in [4.69, 9.17) is 4.42 Å². The molecule has 3 aromatic rings. The Balaban J connectivity index is 1.73. The normalized spacial score (nSPS) is 14.6. The average molecular weight is 336 g/mol. The van der Waals surface area contributed by atoms with Crippen LogP contribution in [0.15, 0.2) is 59.0 Å². The van der Waals surface area contributed by atoms with Gasteiger partial charge in [-0.25, -0.2) is 0 Å². The summed E-state index contributed by atoms with van der Waals surface area (Å²) >= 11 is 0. The number of aryl methyl sites for hydroxylation is 1. The second-order valence-electron chi connectivity index (χ2n) is 8.03. The standard InChI is InChI=1S/C23H29NO/c1-16(15-23(4,5)22-14-13-17(2)25-22)24-18(3)20-12-8-10-19-9-6-7-11-21(19)20/h6-14,16,18,24H,15H2,1-5H3/p+1/t16-,18-/m0/s1. The molecule has 25 heavy (non-hydrogen) atoms. The highest BCUT2D eigenvalue weighted by atomic mass is 16.3. The van der Waals surface area contributed by atoms with Gasteiger partial charge < -0.3 is 9.73 Å². The Morgan fingerprint density at radius 1 is 0.960 bits per heavy atom. The molecule has 2 N–H and O–H groups in total. The molecular weight excluding hydrogens is 306 g/mol. The second kappa shape index (κ2) is 7.05. The van der Waals surface area contributed by atoms with Gasteiger partial charge in [-0.15, -0.1) is 0 Å². The van der Waals surface area contributed by atoms with Gasteiger partial charge in [0.05, 0.1) is 6.04 Å². The molecule has 0 unspecified atom stereocenters. The van der Waals surface area contributed by atoms with Crippen LogP contribution in [0.25, 0.3) is 10.8 Å². The monoisotopic (exact) mass is 336 g/mol. The van der Waals surface area contributed by atoms with E-state index < -0.39 is 0 Å². The van der Waals surface area contributed by atoms with Gasteiger partial charge in [0.25, 0.3) is 0 Å². The first-order valence-corrected chi connectivity index (χ1v) is 9.26. The number of quaternary nitrogens is 1. The van der Waals surface area contributed by atoms with Crippen molar-refractivity contribution in [3.8, 4) is 0 Å². The summed E-state index contributed by atoms with van der Waals surface area (Å²) in [6.07, 6.45) is 1.08. The van der Waals surface area contributed by atoms with Gasteiger partial charge in [0.2, 0.25) is 0 Å². The van der Waals surface area contributed by atoms with E-state index in [-0.39, 0.29) is 5.41 Å². The molecule has 0 amide bonds. The molecule has 0 fully saturated rings. The lowest BCUT2D eigenvalue weighted by Crippen LogP contribution is -2.90. The summed E-state index contributed by atoms with van der Waals surface area (Å²) in [6.45, 7) is 11.2. The first-order chi connectivity index (χ1) is 11.9. The van der Waals surface area contributed by atoms with Crippen LogP contribution in [0.4, 0.5) is 0 Å². The van der Waals surface area contributed by atoms with Crippen LogP contribution in [-0.2, 0) is 5.41 Å². The van der Waals surface area contributed by atoms with E-state index >= 15 is 0 Å². The maximum atomic E-state index is 5.88. The van der Waals surface area contributed by atoms with Gasteiger partial charge in [-0.2, -0.15) is 0 Å². The number of hydrogen-bond acceptors (Lipinski definition) is 1. The molecule has 0 saturated heterocycles. The molecule has 2 atom stereocenters. The van der Waals surface area contributed by atoms with Crippen molar-refractivity contribution >= 4 is 10.8 Å². The van der Waals surface area contributed by atoms with Crippen LogP contribution in [0, 0.1) is 6.92 Å². The summed E-state index contributed by atoms with van der Waals surface area (Å²) in [5.74, 6) is 2.08. The first kappa shape index (κ1) is 17.8. The Morgan fingerprint density at radius 3 is 2.40 bits per heavy atom. The maximum absolute atomic E-state index is 5.88. The molecule has 0 aliphatic carbocycles. The fraction of sp³-hybridized carbons (Fsp3) is 0.391. The maximum Gasteiger partial charge on any atom is 0.109 e. The van der Waals surface area contributed by atoms with Crippen LogP contribution in [-0.4, -0.2) is 6.04 Å². The topological polar surface area (TPSA) is 29.8 Å². The van der Waals surface area contributed by atoms with Crippen LogP contribution in [0.1, 0.15) is 57.2 Å². The smallest absolute Gasteiger partial charge is 0.109 e. The van der Waals surface area contributed by atoms with Gasteiger partial charge in [-0.3, -0.25) is 0 Å². The first-order valence-electron chi connectivity index (χ1n) is 9.26. The molecule has 2 heteroatoms. The van der Waals surface area contributed by atoms with Gasteiger partial charge in [-0.1, -0.05) is 56.3 Å². The van der Waals surface area contributed by atoms with E-state index in [1.54, 1.807) is 0 Å². The molecule has 1 aromatic heterocycles. The second-order valence-corrected chi connectivity index (χ2v) is 8.03. The number of benzene rings is 2. The number of nitrogens with two attached hydrogens (primary N) is 1. The lowest BCUT2D eigenvalue weighted by atomic mass is 9.83. The average Bonchev–Trinajstić information content (AvgIpc) is 3.01. The van der Waals surface area contributed by atoms with Crippen molar-refractivity contribution in [1.29, 1.82) is 0 Å². The summed E-state index contributed by atoms with van der Waals surface area (Å²) < 4.78 is 5.88. The molecule has 1 heterocycles. The van der Waals surface area contributed by atoms with Crippen molar-refractivity contribution in [2.75, 3.05) is 0 Å². The third kappa shape index (κ3) is 3.96. The molecule has 132 valence electrons. The molecule has 0 spiro atoms. The lowest BCUT2D eigenvalue weighted by molar-refractivity contribution is -0.723. The predicted octanol–water partition coefficient (Wildman–Crippen LogP) is 5.12. The van der Waals surface area contributed by atoms with Crippen molar-refractivity contribution in [2.45, 2.75) is 58.5 Å². The molecular formula is C23H30NO+. The Kier molecular flexibility index (Phi) is 5.01. The summed E-state index contributed by atoms with van der Waals surface area (Å²) in [6, 6.07) is 20.4. The highest BCUT2D eigenvalue weighted by Crippen LogP contribution is 2.29. The molecule has 2 aromatic carbocycles. The Hall–Kier alpha value is -2.06. The van der Waals surface area contributed by atoms with Crippen molar-refractivity contribution in [2.24, 2.45) is 0 Å². The fourth-order valence-corrected chi connectivity index (χ4v) is 4.02. The zero-order valence-corrected chi connectivity index (χ0v) is 16.0. The number of furan rings is 1. The summed E-state index contributed by atoms with van der Waals surface area (Å²) in [4.78, 5) is 0. The molecule has 0 saturated carbocycles. The molecule has 3 rings (SSSR count). The summed E-state index contributed by atoms with van der Waals surface area (Å²) in [7, 11) is 0. The Morgan fingerprint density at radius 2 is 1.68 bits per heavy atom. The van der Waals surface area contributed by atoms with Crippen molar-refractivity contribution in [3.63, 3.8) is 0 Å². The molecule has 0 radical (unpaired) electrons. The Bertz CT molecular complexity index is 841. The molecule has 0 aliphatic heterocycles. The van der Waals surface area contributed by atoms with Crippen LogP contribution in [0.5, 0.6) is 0 Å². The van der Waals surface area contributed by atoms with E-state index in [1.807, 2.05) is 6.92 Å². The molecule has 2 nitrogen and oxygen atoms in total. The predicted molar refractivity (Wildman–Crippen MR) is 105 cm³/mol.